The Kier molecular flexibility index (Phi) is 6.13. The van der Waals surface area contributed by atoms with Gasteiger partial charge >= 0.3 is 0 Å². The van der Waals surface area contributed by atoms with Crippen LogP contribution in [-0.2, 0) is 12.8 Å². The molecule has 0 amide bonds. The number of benzene rings is 4. The molecule has 0 bridgehead atoms. The Balaban J connectivity index is 1.50. The van der Waals surface area contributed by atoms with Crippen molar-refractivity contribution in [3.05, 3.63) is 118 Å². The van der Waals surface area contributed by atoms with Gasteiger partial charge < -0.3 is 0 Å². The van der Waals surface area contributed by atoms with Crippen LogP contribution in [0, 0.1) is 37.1 Å². The molecule has 32 heavy (non-hydrogen) atoms. The van der Waals surface area contributed by atoms with Gasteiger partial charge in [-0.3, -0.25) is 0 Å². The van der Waals surface area contributed by atoms with Crippen LogP contribution in [0.2, 0.25) is 0 Å². The third-order valence-corrected chi connectivity index (χ3v) is 5.69. The molecule has 0 N–H and O–H groups in total. The first-order valence-corrected chi connectivity index (χ1v) is 10.4. The normalized spacial score (nSPS) is 11.1. The molecule has 4 heteroatoms. The fourth-order valence-corrected chi connectivity index (χ4v) is 3.75. The predicted octanol–water partition coefficient (Wildman–Crippen LogP) is 7.98. The van der Waals surface area contributed by atoms with E-state index in [1.165, 1.54) is 24.3 Å². The maximum atomic E-state index is 14.7. The van der Waals surface area contributed by atoms with Crippen molar-refractivity contribution in [3.63, 3.8) is 0 Å². The monoisotopic (exact) mass is 434 g/mol. The Morgan fingerprint density at radius 2 is 1.16 bits per heavy atom. The van der Waals surface area contributed by atoms with Gasteiger partial charge in [0.2, 0.25) is 0 Å². The van der Waals surface area contributed by atoms with Gasteiger partial charge in [-0.2, -0.15) is 0 Å². The summed E-state index contributed by atoms with van der Waals surface area (Å²) in [6.45, 7) is 3.45. The van der Waals surface area contributed by atoms with E-state index < -0.39 is 11.6 Å². The average Bonchev–Trinajstić information content (AvgIpc) is 2.75. The minimum atomic E-state index is -0.512. The first kappa shape index (κ1) is 21.8. The van der Waals surface area contributed by atoms with E-state index in [4.69, 9.17) is 0 Å². The summed E-state index contributed by atoms with van der Waals surface area (Å²) >= 11 is 0. The number of aryl methyl sites for hydroxylation is 4. The van der Waals surface area contributed by atoms with Crippen LogP contribution in [0.5, 0.6) is 0 Å². The number of hydrogen-bond acceptors (Lipinski definition) is 0. The molecule has 162 valence electrons. The summed E-state index contributed by atoms with van der Waals surface area (Å²) in [7, 11) is 0. The largest absolute Gasteiger partial charge is 0.207 e. The molecule has 0 aliphatic carbocycles. The van der Waals surface area contributed by atoms with Crippen molar-refractivity contribution in [2.24, 2.45) is 0 Å². The van der Waals surface area contributed by atoms with Crippen LogP contribution >= 0.6 is 0 Å². The maximum absolute atomic E-state index is 14.7. The molecule has 4 rings (SSSR count). The molecule has 0 heterocycles. The molecule has 0 aliphatic rings. The Bertz CT molecular complexity index is 1290. The zero-order chi connectivity index (χ0) is 22.8. The van der Waals surface area contributed by atoms with Gasteiger partial charge in [-0.15, -0.1) is 0 Å². The van der Waals surface area contributed by atoms with Gasteiger partial charge in [0.05, 0.1) is 0 Å². The number of halogens is 4. The van der Waals surface area contributed by atoms with E-state index in [0.717, 1.165) is 5.56 Å². The molecule has 0 nitrogen and oxygen atoms in total. The zero-order valence-electron chi connectivity index (χ0n) is 17.9. The van der Waals surface area contributed by atoms with Crippen LogP contribution in [0.4, 0.5) is 17.6 Å². The first-order chi connectivity index (χ1) is 15.3. The van der Waals surface area contributed by atoms with E-state index in [1.807, 2.05) is 0 Å². The lowest BCUT2D eigenvalue weighted by molar-refractivity contribution is 0.606. The van der Waals surface area contributed by atoms with Crippen molar-refractivity contribution >= 4 is 0 Å². The van der Waals surface area contributed by atoms with Crippen molar-refractivity contribution < 1.29 is 17.6 Å². The second kappa shape index (κ2) is 8.99. The maximum Gasteiger partial charge on any atom is 0.131 e. The van der Waals surface area contributed by atoms with E-state index in [-0.39, 0.29) is 22.8 Å². The van der Waals surface area contributed by atoms with E-state index in [1.54, 1.807) is 62.4 Å². The summed E-state index contributed by atoms with van der Waals surface area (Å²) in [4.78, 5) is 0. The third kappa shape index (κ3) is 4.59. The zero-order valence-corrected chi connectivity index (χ0v) is 17.9. The van der Waals surface area contributed by atoms with E-state index in [2.05, 4.69) is 0 Å². The standard InChI is InChI=1S/C28H22F4/c1-17-3-11-23(27(31)13-17)24-12-6-19(14-28(24)32)5-8-20-9-10-22(16-26(20)30)21-7-4-18(2)25(29)15-21/h3-4,6-7,9-16H,5,8H2,1-2H3. The molecular weight excluding hydrogens is 412 g/mol. The van der Waals surface area contributed by atoms with Crippen LogP contribution in [0.3, 0.4) is 0 Å². The lowest BCUT2D eigenvalue weighted by Crippen LogP contribution is -1.97. The minimum Gasteiger partial charge on any atom is -0.207 e. The molecular formula is C28H22F4. The molecule has 0 atom stereocenters. The van der Waals surface area contributed by atoms with Gasteiger partial charge in [-0.25, -0.2) is 17.6 Å². The third-order valence-electron chi connectivity index (χ3n) is 5.69. The highest BCUT2D eigenvalue weighted by Crippen LogP contribution is 2.28. The molecule has 0 radical (unpaired) electrons. The van der Waals surface area contributed by atoms with Crippen LogP contribution in [0.25, 0.3) is 22.3 Å². The van der Waals surface area contributed by atoms with Crippen molar-refractivity contribution in [2.45, 2.75) is 26.7 Å². The summed E-state index contributed by atoms with van der Waals surface area (Å²) in [5, 5.41) is 0. The first-order valence-electron chi connectivity index (χ1n) is 10.4. The van der Waals surface area contributed by atoms with Crippen molar-refractivity contribution in [1.29, 1.82) is 0 Å². The van der Waals surface area contributed by atoms with Gasteiger partial charge in [-0.05, 0) is 84.3 Å². The van der Waals surface area contributed by atoms with Crippen molar-refractivity contribution in [2.75, 3.05) is 0 Å². The fraction of sp³-hybridized carbons (Fsp3) is 0.143. The summed E-state index contributed by atoms with van der Waals surface area (Å²) in [5.74, 6) is -1.69. The van der Waals surface area contributed by atoms with Crippen molar-refractivity contribution in [3.8, 4) is 22.3 Å². The predicted molar refractivity (Wildman–Crippen MR) is 120 cm³/mol. The Morgan fingerprint density at radius 3 is 1.78 bits per heavy atom. The topological polar surface area (TPSA) is 0 Å². The molecule has 0 aliphatic heterocycles. The highest BCUT2D eigenvalue weighted by molar-refractivity contribution is 5.66. The Labute approximate surface area is 185 Å². The van der Waals surface area contributed by atoms with Crippen LogP contribution < -0.4 is 0 Å². The summed E-state index contributed by atoms with van der Waals surface area (Å²) in [6.07, 6.45) is 0.815. The SMILES string of the molecule is Cc1ccc(-c2ccc(CCc3ccc(-c4ccc(C)c(F)c4)cc3F)cc2F)c(F)c1. The number of rotatable bonds is 5. The highest BCUT2D eigenvalue weighted by Gasteiger charge is 2.12. The molecule has 4 aromatic carbocycles. The minimum absolute atomic E-state index is 0.201. The van der Waals surface area contributed by atoms with E-state index in [9.17, 15) is 17.6 Å². The lowest BCUT2D eigenvalue weighted by atomic mass is 9.97. The summed E-state index contributed by atoms with van der Waals surface area (Å²) in [5.41, 5.74) is 4.12. The summed E-state index contributed by atoms with van der Waals surface area (Å²) < 4.78 is 57.3. The van der Waals surface area contributed by atoms with Gasteiger partial charge in [0.15, 0.2) is 0 Å². The lowest BCUT2D eigenvalue weighted by Gasteiger charge is -2.10. The molecule has 0 saturated carbocycles. The van der Waals surface area contributed by atoms with Crippen LogP contribution in [0.1, 0.15) is 22.3 Å². The molecule has 4 aromatic rings. The van der Waals surface area contributed by atoms with Gasteiger partial charge in [0, 0.05) is 11.1 Å². The second-order valence-electron chi connectivity index (χ2n) is 8.07. The van der Waals surface area contributed by atoms with Gasteiger partial charge in [-0.1, -0.05) is 48.5 Å². The molecule has 0 aromatic heterocycles. The number of hydrogen-bond donors (Lipinski definition) is 0. The quantitative estimate of drug-likeness (QED) is 0.279. The average molecular weight is 434 g/mol. The van der Waals surface area contributed by atoms with Crippen LogP contribution in [0.15, 0.2) is 72.8 Å². The van der Waals surface area contributed by atoms with Crippen LogP contribution in [-0.4, -0.2) is 0 Å². The second-order valence-corrected chi connectivity index (χ2v) is 8.07. The Hall–Kier alpha value is -3.40. The molecule has 0 fully saturated rings. The van der Waals surface area contributed by atoms with Gasteiger partial charge in [0.25, 0.3) is 0 Å². The fourth-order valence-electron chi connectivity index (χ4n) is 3.75. The molecule has 0 spiro atoms. The Morgan fingerprint density at radius 1 is 0.531 bits per heavy atom. The highest BCUT2D eigenvalue weighted by atomic mass is 19.1. The smallest absolute Gasteiger partial charge is 0.131 e. The molecule has 0 saturated heterocycles. The van der Waals surface area contributed by atoms with E-state index >= 15 is 0 Å². The van der Waals surface area contributed by atoms with Gasteiger partial charge in [0.1, 0.15) is 23.3 Å². The molecule has 0 unspecified atom stereocenters. The summed E-state index contributed by atoms with van der Waals surface area (Å²) in [6, 6.07) is 19.0. The van der Waals surface area contributed by atoms with Crippen molar-refractivity contribution in [1.82, 2.24) is 0 Å². The van der Waals surface area contributed by atoms with E-state index in [0.29, 0.717) is 40.7 Å².